The van der Waals surface area contributed by atoms with Crippen molar-refractivity contribution in [1.29, 1.82) is 0 Å². The molecule has 2 atom stereocenters. The van der Waals surface area contributed by atoms with Gasteiger partial charge in [0.1, 0.15) is 10.6 Å². The Morgan fingerprint density at radius 1 is 1.21 bits per heavy atom. The minimum atomic E-state index is -3.78. The fraction of sp³-hybridized carbons (Fsp3) is 0.316. The molecule has 0 saturated heterocycles. The summed E-state index contributed by atoms with van der Waals surface area (Å²) >= 11 is 6.10. The van der Waals surface area contributed by atoms with Crippen molar-refractivity contribution in [2.45, 2.75) is 30.6 Å². The van der Waals surface area contributed by atoms with Crippen LogP contribution in [0.25, 0.3) is 11.4 Å². The van der Waals surface area contributed by atoms with E-state index < -0.39 is 10.0 Å². The molecule has 4 rings (SSSR count). The molecule has 1 aromatic carbocycles. The van der Waals surface area contributed by atoms with Crippen LogP contribution in [-0.4, -0.2) is 30.7 Å². The number of nitrogens with two attached hydrogens (primary N) is 1. The van der Waals surface area contributed by atoms with Gasteiger partial charge in [0.2, 0.25) is 21.7 Å². The lowest BCUT2D eigenvalue weighted by Gasteiger charge is -2.04. The molecule has 152 valence electrons. The Morgan fingerprint density at radius 3 is 2.59 bits per heavy atom. The van der Waals surface area contributed by atoms with Crippen molar-refractivity contribution in [3.63, 3.8) is 0 Å². The van der Waals surface area contributed by atoms with Crippen LogP contribution in [0.4, 0.5) is 0 Å². The van der Waals surface area contributed by atoms with E-state index in [1.807, 2.05) is 0 Å². The summed E-state index contributed by atoms with van der Waals surface area (Å²) < 4.78 is 33.8. The Balaban J connectivity index is 1.64. The summed E-state index contributed by atoms with van der Waals surface area (Å²) in [5.74, 6) is 1.41. The average molecular weight is 435 g/mol. The molecular weight excluding hydrogens is 416 g/mol. The highest BCUT2D eigenvalue weighted by atomic mass is 35.5. The number of ether oxygens (including phenoxy) is 1. The lowest BCUT2D eigenvalue weighted by molar-refractivity contribution is 0.367. The van der Waals surface area contributed by atoms with E-state index in [-0.39, 0.29) is 22.1 Å². The molecule has 1 aliphatic rings. The van der Waals surface area contributed by atoms with Gasteiger partial charge in [-0.3, -0.25) is 4.98 Å². The van der Waals surface area contributed by atoms with Gasteiger partial charge in [-0.05, 0) is 35.7 Å². The van der Waals surface area contributed by atoms with E-state index in [0.29, 0.717) is 28.1 Å². The zero-order valence-electron chi connectivity index (χ0n) is 16.0. The molecule has 1 aliphatic carbocycles. The van der Waals surface area contributed by atoms with Crippen molar-refractivity contribution >= 4 is 21.6 Å². The maximum Gasteiger partial charge on any atom is 0.239 e. The predicted octanol–water partition coefficient (Wildman–Crippen LogP) is 3.35. The number of pyridine rings is 1. The van der Waals surface area contributed by atoms with Gasteiger partial charge in [0.25, 0.3) is 0 Å². The van der Waals surface area contributed by atoms with Gasteiger partial charge in [0.05, 0.1) is 18.6 Å². The third-order valence-corrected chi connectivity index (χ3v) is 6.48. The first-order valence-electron chi connectivity index (χ1n) is 8.79. The Kier molecular flexibility index (Phi) is 4.64. The monoisotopic (exact) mass is 434 g/mol. The average Bonchev–Trinajstić information content (AvgIpc) is 3.01. The molecule has 0 aliphatic heterocycles. The van der Waals surface area contributed by atoms with E-state index in [9.17, 15) is 8.42 Å². The molecule has 1 saturated carbocycles. The quantitative estimate of drug-likeness (QED) is 0.653. The zero-order valence-corrected chi connectivity index (χ0v) is 17.5. The molecule has 0 amide bonds. The summed E-state index contributed by atoms with van der Waals surface area (Å²) in [5.41, 5.74) is 1.20. The zero-order chi connectivity index (χ0) is 21.0. The molecule has 2 heterocycles. The molecule has 0 spiro atoms. The van der Waals surface area contributed by atoms with Crippen LogP contribution in [0, 0.1) is 5.41 Å². The second-order valence-corrected chi connectivity index (χ2v) is 9.54. The second-order valence-electron chi connectivity index (χ2n) is 7.54. The molecule has 29 heavy (non-hydrogen) atoms. The number of hydrogen-bond acceptors (Lipinski definition) is 7. The Morgan fingerprint density at radius 2 is 1.97 bits per heavy atom. The SMILES string of the molecule is COc1ccc(Cl)cc1-c1noc([C@H]2[C@H](c3ccc(S(N)(=O)=O)cn3)C2(C)C)n1. The highest BCUT2D eigenvalue weighted by molar-refractivity contribution is 7.89. The van der Waals surface area contributed by atoms with Gasteiger partial charge < -0.3 is 9.26 Å². The minimum absolute atomic E-state index is 0.00610. The Bertz CT molecular complexity index is 1180. The van der Waals surface area contributed by atoms with Crippen molar-refractivity contribution in [1.82, 2.24) is 15.1 Å². The molecule has 1 fully saturated rings. The molecule has 8 nitrogen and oxygen atoms in total. The van der Waals surface area contributed by atoms with E-state index in [2.05, 4.69) is 29.0 Å². The standard InChI is InChI=1S/C19H19ClN4O4S/c1-19(2)15(13-6-5-11(9-22-13)29(21,25)26)16(19)18-23-17(24-28-18)12-8-10(20)4-7-14(12)27-3/h4-9,15-16H,1-3H3,(H2,21,25,26)/t15-,16+/m0/s1. The van der Waals surface area contributed by atoms with Crippen LogP contribution in [0.3, 0.4) is 0 Å². The lowest BCUT2D eigenvalue weighted by Crippen LogP contribution is -2.12. The van der Waals surface area contributed by atoms with Crippen LogP contribution >= 0.6 is 11.6 Å². The number of primary sulfonamides is 1. The van der Waals surface area contributed by atoms with Crippen LogP contribution in [-0.2, 0) is 10.0 Å². The predicted molar refractivity (Wildman–Crippen MR) is 106 cm³/mol. The van der Waals surface area contributed by atoms with Crippen LogP contribution in [0.1, 0.15) is 37.3 Å². The summed E-state index contributed by atoms with van der Waals surface area (Å²) in [5, 5.41) is 9.78. The Hall–Kier alpha value is -2.49. The number of nitrogens with zero attached hydrogens (tertiary/aromatic N) is 3. The molecule has 3 aromatic rings. The number of hydrogen-bond donors (Lipinski definition) is 1. The van der Waals surface area contributed by atoms with Gasteiger partial charge >= 0.3 is 0 Å². The number of rotatable bonds is 5. The van der Waals surface area contributed by atoms with E-state index >= 15 is 0 Å². The van der Waals surface area contributed by atoms with Crippen molar-refractivity contribution in [3.05, 3.63) is 53.1 Å². The van der Waals surface area contributed by atoms with Crippen molar-refractivity contribution in [3.8, 4) is 17.1 Å². The minimum Gasteiger partial charge on any atom is -0.496 e. The van der Waals surface area contributed by atoms with E-state index in [1.165, 1.54) is 12.3 Å². The number of aromatic nitrogens is 3. The fourth-order valence-electron chi connectivity index (χ4n) is 3.72. The van der Waals surface area contributed by atoms with Crippen LogP contribution < -0.4 is 9.88 Å². The number of methoxy groups -OCH3 is 1. The molecule has 2 N–H and O–H groups in total. The fourth-order valence-corrected chi connectivity index (χ4v) is 4.35. The third kappa shape index (κ3) is 3.50. The molecule has 0 bridgehead atoms. The van der Waals surface area contributed by atoms with Crippen LogP contribution in [0.5, 0.6) is 5.75 Å². The van der Waals surface area contributed by atoms with E-state index in [0.717, 1.165) is 5.69 Å². The van der Waals surface area contributed by atoms with Gasteiger partial charge in [-0.15, -0.1) is 0 Å². The van der Waals surface area contributed by atoms with E-state index in [4.69, 9.17) is 26.0 Å². The summed E-state index contributed by atoms with van der Waals surface area (Å²) in [7, 11) is -2.22. The maximum absolute atomic E-state index is 11.4. The van der Waals surface area contributed by atoms with Gasteiger partial charge in [0, 0.05) is 22.8 Å². The summed E-state index contributed by atoms with van der Waals surface area (Å²) in [6.45, 7) is 4.14. The molecule has 0 unspecified atom stereocenters. The third-order valence-electron chi connectivity index (χ3n) is 5.34. The van der Waals surface area contributed by atoms with Crippen molar-refractivity contribution in [2.75, 3.05) is 7.11 Å². The first kappa shape index (κ1) is 19.8. The smallest absolute Gasteiger partial charge is 0.239 e. The van der Waals surface area contributed by atoms with Crippen molar-refractivity contribution in [2.24, 2.45) is 10.6 Å². The highest BCUT2D eigenvalue weighted by Crippen LogP contribution is 2.69. The summed E-state index contributed by atoms with van der Waals surface area (Å²) in [6, 6.07) is 8.32. The van der Waals surface area contributed by atoms with Gasteiger partial charge in [-0.25, -0.2) is 13.6 Å². The van der Waals surface area contributed by atoms with E-state index in [1.54, 1.807) is 31.4 Å². The lowest BCUT2D eigenvalue weighted by atomic mass is 10.1. The number of sulfonamides is 1. The number of benzene rings is 1. The maximum atomic E-state index is 11.4. The normalized spacial score (nSPS) is 20.4. The highest BCUT2D eigenvalue weighted by Gasteiger charge is 2.62. The van der Waals surface area contributed by atoms with Gasteiger partial charge in [0.15, 0.2) is 0 Å². The summed E-state index contributed by atoms with van der Waals surface area (Å²) in [4.78, 5) is 8.83. The topological polar surface area (TPSA) is 121 Å². The summed E-state index contributed by atoms with van der Waals surface area (Å²) in [6.07, 6.45) is 1.27. The largest absolute Gasteiger partial charge is 0.496 e. The number of halogens is 1. The first-order chi connectivity index (χ1) is 13.6. The molecule has 0 radical (unpaired) electrons. The molecular formula is C19H19ClN4O4S. The molecule has 10 heteroatoms. The van der Waals surface area contributed by atoms with Gasteiger partial charge in [-0.2, -0.15) is 4.98 Å². The van der Waals surface area contributed by atoms with Crippen molar-refractivity contribution < 1.29 is 17.7 Å². The first-order valence-corrected chi connectivity index (χ1v) is 10.7. The Labute approximate surface area is 173 Å². The van der Waals surface area contributed by atoms with Crippen LogP contribution in [0.2, 0.25) is 5.02 Å². The van der Waals surface area contributed by atoms with Gasteiger partial charge in [-0.1, -0.05) is 30.6 Å². The second kappa shape index (κ2) is 6.79. The van der Waals surface area contributed by atoms with Crippen LogP contribution in [0.15, 0.2) is 45.9 Å². The molecule has 2 aromatic heterocycles.